The maximum atomic E-state index is 13.1. The molecule has 0 atom stereocenters. The molecule has 0 amide bonds. The largest absolute Gasteiger partial charge is 0.461 e. The number of alkyl halides is 3. The first-order valence-corrected chi connectivity index (χ1v) is 12.1. The molecule has 0 spiro atoms. The molecule has 31 heavy (non-hydrogen) atoms. The number of ether oxygens (including phenoxy) is 1. The van der Waals surface area contributed by atoms with E-state index in [1.54, 1.807) is 0 Å². The number of hydrogen-bond donors (Lipinski definition) is 0. The van der Waals surface area contributed by atoms with Gasteiger partial charge >= 0.3 is 12.1 Å². The number of halogens is 3. The van der Waals surface area contributed by atoms with Crippen LogP contribution in [0.25, 0.3) is 0 Å². The Kier molecular flexibility index (Phi) is 6.09. The summed E-state index contributed by atoms with van der Waals surface area (Å²) in [5, 5.41) is 0. The average molecular weight is 475 g/mol. The zero-order valence-electron chi connectivity index (χ0n) is 17.1. The molecule has 168 valence electrons. The molecule has 0 radical (unpaired) electrons. The van der Waals surface area contributed by atoms with Crippen LogP contribution in [0, 0.1) is 5.41 Å². The van der Waals surface area contributed by atoms with Gasteiger partial charge in [0, 0.05) is 19.1 Å². The van der Waals surface area contributed by atoms with Crippen LogP contribution in [0.4, 0.5) is 13.2 Å². The van der Waals surface area contributed by atoms with Gasteiger partial charge in [0.05, 0.1) is 17.7 Å². The van der Waals surface area contributed by atoms with Crippen molar-refractivity contribution >= 4 is 32.9 Å². The fraction of sp³-hybridized carbons (Fsp3) is 0.429. The van der Waals surface area contributed by atoms with Crippen LogP contribution in [0.2, 0.25) is 0 Å². The number of esters is 1. The van der Waals surface area contributed by atoms with Gasteiger partial charge in [-0.25, -0.2) is 13.2 Å². The molecule has 1 aromatic heterocycles. The lowest BCUT2D eigenvalue weighted by Crippen LogP contribution is -2.28. The summed E-state index contributed by atoms with van der Waals surface area (Å²) in [4.78, 5) is 25.3. The van der Waals surface area contributed by atoms with E-state index in [0.717, 1.165) is 12.3 Å². The first kappa shape index (κ1) is 23.5. The summed E-state index contributed by atoms with van der Waals surface area (Å²) in [6.07, 6.45) is -3.24. The lowest BCUT2D eigenvalue weighted by molar-refractivity contribution is -0.138. The summed E-state index contributed by atoms with van der Waals surface area (Å²) in [6.45, 7) is 3.37. The molecule has 1 aromatic carbocycles. The van der Waals surface area contributed by atoms with Crippen LogP contribution in [-0.2, 0) is 33.6 Å². The van der Waals surface area contributed by atoms with Gasteiger partial charge in [-0.05, 0) is 29.0 Å². The van der Waals surface area contributed by atoms with Gasteiger partial charge in [0.15, 0.2) is 15.6 Å². The van der Waals surface area contributed by atoms with Gasteiger partial charge in [-0.1, -0.05) is 32.0 Å². The minimum absolute atomic E-state index is 0.0101. The number of hydrogen-bond acceptors (Lipinski definition) is 6. The molecule has 0 bridgehead atoms. The highest BCUT2D eigenvalue weighted by Crippen LogP contribution is 2.43. The lowest BCUT2D eigenvalue weighted by Gasteiger charge is -2.29. The molecule has 1 heterocycles. The van der Waals surface area contributed by atoms with Crippen LogP contribution in [-0.4, -0.2) is 33.0 Å². The lowest BCUT2D eigenvalue weighted by atomic mass is 9.74. The Hall–Kier alpha value is -2.20. The molecule has 0 aliphatic heterocycles. The molecule has 2 aromatic rings. The molecule has 0 unspecified atom stereocenters. The maximum Gasteiger partial charge on any atom is 0.416 e. The van der Waals surface area contributed by atoms with E-state index in [2.05, 4.69) is 0 Å². The number of Topliss-reactive ketones (excluding diaryl/α,β-unsaturated/α-hetero) is 1. The van der Waals surface area contributed by atoms with Gasteiger partial charge in [-0.15, -0.1) is 11.3 Å². The van der Waals surface area contributed by atoms with Gasteiger partial charge in [0.1, 0.15) is 9.09 Å². The standard InChI is InChI=1S/C21H21F3O5S2/c1-20(2)10-13-16(15(25)11-20)19(31(3,27)28)30-17(13)18(26)29-9-8-12-6-4-5-7-14(12)21(22,23)24/h4-7H,8-11H2,1-3H3. The number of fused-ring (bicyclic) bond motifs is 1. The van der Waals surface area contributed by atoms with E-state index in [0.29, 0.717) is 23.3 Å². The molecule has 0 saturated carbocycles. The third-order valence-electron chi connectivity index (χ3n) is 5.00. The van der Waals surface area contributed by atoms with Crippen molar-refractivity contribution in [1.82, 2.24) is 0 Å². The van der Waals surface area contributed by atoms with E-state index in [4.69, 9.17) is 4.74 Å². The Labute approximate surface area is 182 Å². The van der Waals surface area contributed by atoms with Gasteiger partial charge < -0.3 is 4.74 Å². The summed E-state index contributed by atoms with van der Waals surface area (Å²) in [6, 6.07) is 5.02. The molecule has 0 fully saturated rings. The second kappa shape index (κ2) is 8.05. The Bertz CT molecular complexity index is 1140. The van der Waals surface area contributed by atoms with E-state index in [9.17, 15) is 31.2 Å². The molecular formula is C21H21F3O5S2. The molecule has 0 saturated heterocycles. The monoisotopic (exact) mass is 474 g/mol. The van der Waals surface area contributed by atoms with Crippen LogP contribution in [0.5, 0.6) is 0 Å². The molecule has 3 rings (SSSR count). The van der Waals surface area contributed by atoms with Crippen molar-refractivity contribution in [3.63, 3.8) is 0 Å². The molecule has 1 aliphatic carbocycles. The Morgan fingerprint density at radius 3 is 2.45 bits per heavy atom. The molecule has 1 aliphatic rings. The van der Waals surface area contributed by atoms with E-state index in [1.807, 2.05) is 13.8 Å². The SMILES string of the molecule is CC1(C)CC(=O)c2c(S(C)(=O)=O)sc(C(=O)OCCc3ccccc3C(F)(F)F)c2C1. The number of benzene rings is 1. The molecule has 10 heteroatoms. The van der Waals surface area contributed by atoms with Crippen LogP contribution in [0.15, 0.2) is 28.5 Å². The van der Waals surface area contributed by atoms with Crippen molar-refractivity contribution in [2.24, 2.45) is 5.41 Å². The summed E-state index contributed by atoms with van der Waals surface area (Å²) in [5.74, 6) is -1.19. The molecule has 5 nitrogen and oxygen atoms in total. The number of carbonyl (C=O) groups is 2. The highest BCUT2D eigenvalue weighted by Gasteiger charge is 2.40. The van der Waals surface area contributed by atoms with E-state index in [1.165, 1.54) is 18.2 Å². The Balaban J connectivity index is 1.86. The number of rotatable bonds is 5. The summed E-state index contributed by atoms with van der Waals surface area (Å²) in [7, 11) is -3.75. The predicted octanol–water partition coefficient (Wildman–Crippen LogP) is 4.73. The Morgan fingerprint density at radius 2 is 1.84 bits per heavy atom. The normalized spacial score (nSPS) is 16.1. The summed E-state index contributed by atoms with van der Waals surface area (Å²) in [5.41, 5.74) is -0.885. The van der Waals surface area contributed by atoms with Crippen molar-refractivity contribution in [1.29, 1.82) is 0 Å². The van der Waals surface area contributed by atoms with Gasteiger partial charge in [-0.3, -0.25) is 4.79 Å². The van der Waals surface area contributed by atoms with Crippen molar-refractivity contribution in [2.45, 2.75) is 43.5 Å². The number of ketones is 1. The predicted molar refractivity (Wildman–Crippen MR) is 109 cm³/mol. The van der Waals surface area contributed by atoms with Crippen LogP contribution in [0.3, 0.4) is 0 Å². The zero-order valence-corrected chi connectivity index (χ0v) is 18.8. The van der Waals surface area contributed by atoms with Gasteiger partial charge in [0.2, 0.25) is 0 Å². The number of thiophene rings is 1. The van der Waals surface area contributed by atoms with E-state index >= 15 is 0 Å². The number of carbonyl (C=O) groups excluding carboxylic acids is 2. The van der Waals surface area contributed by atoms with Crippen molar-refractivity contribution in [3.8, 4) is 0 Å². The smallest absolute Gasteiger partial charge is 0.416 e. The second-order valence-electron chi connectivity index (χ2n) is 8.33. The second-order valence-corrected chi connectivity index (χ2v) is 11.6. The topological polar surface area (TPSA) is 77.5 Å². The van der Waals surface area contributed by atoms with Crippen LogP contribution in [0.1, 0.15) is 57.0 Å². The minimum Gasteiger partial charge on any atom is -0.461 e. The number of sulfone groups is 1. The third-order valence-corrected chi connectivity index (χ3v) is 8.04. The van der Waals surface area contributed by atoms with Crippen molar-refractivity contribution in [2.75, 3.05) is 12.9 Å². The quantitative estimate of drug-likeness (QED) is 0.586. The van der Waals surface area contributed by atoms with Crippen LogP contribution >= 0.6 is 11.3 Å². The maximum absolute atomic E-state index is 13.1. The third kappa shape index (κ3) is 5.01. The fourth-order valence-corrected chi connectivity index (χ4v) is 6.14. The molecule has 0 N–H and O–H groups in total. The van der Waals surface area contributed by atoms with E-state index < -0.39 is 33.0 Å². The minimum atomic E-state index is -4.52. The average Bonchev–Trinajstić information content (AvgIpc) is 3.00. The van der Waals surface area contributed by atoms with Gasteiger partial charge in [-0.2, -0.15) is 13.2 Å². The summed E-state index contributed by atoms with van der Waals surface area (Å²) < 4.78 is 68.7. The highest BCUT2D eigenvalue weighted by molar-refractivity contribution is 7.92. The summed E-state index contributed by atoms with van der Waals surface area (Å²) >= 11 is 0.685. The van der Waals surface area contributed by atoms with Crippen molar-refractivity contribution < 1.29 is 35.9 Å². The zero-order chi connectivity index (χ0) is 23.2. The van der Waals surface area contributed by atoms with Crippen molar-refractivity contribution in [3.05, 3.63) is 51.4 Å². The van der Waals surface area contributed by atoms with Crippen LogP contribution < -0.4 is 0 Å². The highest BCUT2D eigenvalue weighted by atomic mass is 32.2. The van der Waals surface area contributed by atoms with Gasteiger partial charge in [0.25, 0.3) is 0 Å². The van der Waals surface area contributed by atoms with E-state index in [-0.39, 0.29) is 45.4 Å². The molecular weight excluding hydrogens is 453 g/mol. The Morgan fingerprint density at radius 1 is 1.19 bits per heavy atom. The fourth-order valence-electron chi connectivity index (χ4n) is 3.72. The first-order valence-electron chi connectivity index (χ1n) is 9.42. The first-order chi connectivity index (χ1) is 14.2.